The van der Waals surface area contributed by atoms with Crippen molar-refractivity contribution in [2.45, 2.75) is 18.8 Å². The van der Waals surface area contributed by atoms with Crippen LogP contribution in [0.1, 0.15) is 30.1 Å². The van der Waals surface area contributed by atoms with Crippen LogP contribution in [-0.2, 0) is 0 Å². The molecule has 4 nitrogen and oxygen atoms in total. The fourth-order valence-corrected chi connectivity index (χ4v) is 4.27. The highest BCUT2D eigenvalue weighted by Crippen LogP contribution is 2.39. The van der Waals surface area contributed by atoms with E-state index in [-0.39, 0.29) is 0 Å². The van der Waals surface area contributed by atoms with Crippen LogP contribution < -0.4 is 0 Å². The van der Waals surface area contributed by atoms with Crippen LogP contribution >= 0.6 is 11.3 Å². The monoisotopic (exact) mass is 297 g/mol. The van der Waals surface area contributed by atoms with E-state index in [0.29, 0.717) is 17.3 Å². The number of furan rings is 1. The van der Waals surface area contributed by atoms with Crippen LogP contribution in [0.3, 0.4) is 0 Å². The summed E-state index contributed by atoms with van der Waals surface area (Å²) >= 11 is 1.72. The van der Waals surface area contributed by atoms with Gasteiger partial charge in [0.05, 0.1) is 16.4 Å². The van der Waals surface area contributed by atoms with E-state index in [9.17, 15) is 0 Å². The summed E-state index contributed by atoms with van der Waals surface area (Å²) in [7, 11) is 2.18. The molecule has 0 bridgehead atoms. The van der Waals surface area contributed by atoms with Gasteiger partial charge in [-0.15, -0.1) is 11.3 Å². The molecule has 0 atom stereocenters. The fourth-order valence-electron chi connectivity index (χ4n) is 3.16. The van der Waals surface area contributed by atoms with Gasteiger partial charge in [0.15, 0.2) is 5.58 Å². The molecule has 3 aromatic rings. The molecule has 0 aromatic carbocycles. The highest BCUT2D eigenvalue weighted by molar-refractivity contribution is 7.18. The molecular weight excluding hydrogens is 282 g/mol. The first-order valence-electron chi connectivity index (χ1n) is 7.14. The number of hydrogen-bond donors (Lipinski definition) is 0. The second-order valence-electron chi connectivity index (χ2n) is 5.70. The maximum atomic E-state index is 8.98. The Labute approximate surface area is 126 Å². The number of piperidine rings is 1. The summed E-state index contributed by atoms with van der Waals surface area (Å²) in [4.78, 5) is 6.99. The van der Waals surface area contributed by atoms with Gasteiger partial charge in [-0.3, -0.25) is 4.98 Å². The minimum Gasteiger partial charge on any atom is -0.444 e. The van der Waals surface area contributed by atoms with Crippen molar-refractivity contribution in [3.63, 3.8) is 0 Å². The number of rotatable bonds is 1. The number of aromatic nitrogens is 1. The molecule has 0 N–H and O–H groups in total. The van der Waals surface area contributed by atoms with Crippen molar-refractivity contribution in [3.8, 4) is 6.07 Å². The van der Waals surface area contributed by atoms with Crippen LogP contribution in [-0.4, -0.2) is 30.0 Å². The van der Waals surface area contributed by atoms with Gasteiger partial charge >= 0.3 is 0 Å². The lowest BCUT2D eigenvalue weighted by molar-refractivity contribution is 0.256. The Hall–Kier alpha value is -1.90. The van der Waals surface area contributed by atoms with E-state index in [1.807, 2.05) is 6.07 Å². The molecule has 1 saturated heterocycles. The zero-order chi connectivity index (χ0) is 14.4. The SMILES string of the molecule is CN1CCC(c2csc3c2ncc2oc(C#N)cc23)CC1. The topological polar surface area (TPSA) is 53.1 Å². The molecule has 0 spiro atoms. The molecule has 0 aliphatic carbocycles. The number of likely N-dealkylation sites (tertiary alicyclic amines) is 1. The van der Waals surface area contributed by atoms with Gasteiger partial charge in [0.2, 0.25) is 5.76 Å². The van der Waals surface area contributed by atoms with E-state index in [4.69, 9.17) is 9.68 Å². The van der Waals surface area contributed by atoms with Crippen molar-refractivity contribution >= 4 is 32.5 Å². The Morgan fingerprint density at radius 3 is 3.00 bits per heavy atom. The van der Waals surface area contributed by atoms with Crippen LogP contribution in [0.25, 0.3) is 21.2 Å². The fraction of sp³-hybridized carbons (Fsp3) is 0.375. The molecule has 0 amide bonds. The molecule has 21 heavy (non-hydrogen) atoms. The first kappa shape index (κ1) is 12.8. The molecule has 0 saturated carbocycles. The van der Waals surface area contributed by atoms with Gasteiger partial charge in [0.25, 0.3) is 0 Å². The number of nitrogens with zero attached hydrogens (tertiary/aromatic N) is 3. The van der Waals surface area contributed by atoms with Crippen LogP contribution in [0.5, 0.6) is 0 Å². The van der Waals surface area contributed by atoms with E-state index in [1.54, 1.807) is 17.5 Å². The number of pyridine rings is 1. The lowest BCUT2D eigenvalue weighted by Crippen LogP contribution is -2.29. The van der Waals surface area contributed by atoms with E-state index in [0.717, 1.165) is 28.7 Å². The van der Waals surface area contributed by atoms with Crippen molar-refractivity contribution in [1.82, 2.24) is 9.88 Å². The first-order valence-corrected chi connectivity index (χ1v) is 8.02. The standard InChI is InChI=1S/C16H15N3OS/c1-19-4-2-10(3-5-19)13-9-21-16-12-6-11(7-17)20-14(12)8-18-15(13)16/h6,8-10H,2-5H2,1H3. The second-order valence-corrected chi connectivity index (χ2v) is 6.58. The molecule has 4 rings (SSSR count). The third-order valence-electron chi connectivity index (χ3n) is 4.38. The number of fused-ring (bicyclic) bond motifs is 3. The van der Waals surface area contributed by atoms with Gasteiger partial charge in [-0.25, -0.2) is 0 Å². The molecule has 3 aromatic heterocycles. The predicted molar refractivity (Wildman–Crippen MR) is 83.6 cm³/mol. The van der Waals surface area contributed by atoms with Gasteiger partial charge in [-0.2, -0.15) is 5.26 Å². The molecular formula is C16H15N3OS. The largest absolute Gasteiger partial charge is 0.444 e. The van der Waals surface area contributed by atoms with Gasteiger partial charge in [0.1, 0.15) is 6.07 Å². The van der Waals surface area contributed by atoms with E-state index in [2.05, 4.69) is 28.4 Å². The predicted octanol–water partition coefficient (Wildman–Crippen LogP) is 3.72. The summed E-state index contributed by atoms with van der Waals surface area (Å²) in [6, 6.07) is 3.89. The molecule has 1 aliphatic heterocycles. The van der Waals surface area contributed by atoms with E-state index >= 15 is 0 Å². The third kappa shape index (κ3) is 2.03. The summed E-state index contributed by atoms with van der Waals surface area (Å²) in [6.07, 6.45) is 4.14. The lowest BCUT2D eigenvalue weighted by Gasteiger charge is -2.28. The normalized spacial score (nSPS) is 17.5. The summed E-state index contributed by atoms with van der Waals surface area (Å²) in [5, 5.41) is 12.2. The molecule has 1 aliphatic rings. The zero-order valence-corrected chi connectivity index (χ0v) is 12.6. The summed E-state index contributed by atoms with van der Waals surface area (Å²) in [6.45, 7) is 2.29. The Morgan fingerprint density at radius 1 is 1.43 bits per heavy atom. The van der Waals surface area contributed by atoms with Crippen LogP contribution in [0.2, 0.25) is 0 Å². The maximum Gasteiger partial charge on any atom is 0.204 e. The van der Waals surface area contributed by atoms with Crippen molar-refractivity contribution in [1.29, 1.82) is 5.26 Å². The van der Waals surface area contributed by atoms with E-state index in [1.165, 1.54) is 18.4 Å². The van der Waals surface area contributed by atoms with Crippen LogP contribution in [0.15, 0.2) is 22.1 Å². The molecule has 106 valence electrons. The second kappa shape index (κ2) is 4.83. The molecule has 1 fully saturated rings. The average Bonchev–Trinajstić information content (AvgIpc) is 3.10. The highest BCUT2D eigenvalue weighted by atomic mass is 32.1. The van der Waals surface area contributed by atoms with Gasteiger partial charge < -0.3 is 9.32 Å². The number of hydrogen-bond acceptors (Lipinski definition) is 5. The molecule has 0 unspecified atom stereocenters. The van der Waals surface area contributed by atoms with Crippen molar-refractivity contribution in [2.75, 3.05) is 20.1 Å². The van der Waals surface area contributed by atoms with Crippen LogP contribution in [0, 0.1) is 11.3 Å². The number of nitriles is 1. The van der Waals surface area contributed by atoms with Crippen molar-refractivity contribution < 1.29 is 4.42 Å². The molecule has 5 heteroatoms. The average molecular weight is 297 g/mol. The van der Waals surface area contributed by atoms with Crippen molar-refractivity contribution in [2.24, 2.45) is 0 Å². The lowest BCUT2D eigenvalue weighted by atomic mass is 9.90. The van der Waals surface area contributed by atoms with Gasteiger partial charge in [-0.05, 0) is 49.8 Å². The summed E-state index contributed by atoms with van der Waals surface area (Å²) in [5.74, 6) is 0.954. The van der Waals surface area contributed by atoms with Crippen molar-refractivity contribution in [3.05, 3.63) is 29.0 Å². The Morgan fingerprint density at radius 2 is 2.24 bits per heavy atom. The Kier molecular flexibility index (Phi) is 2.95. The molecule has 0 radical (unpaired) electrons. The highest BCUT2D eigenvalue weighted by Gasteiger charge is 2.22. The quantitative estimate of drug-likeness (QED) is 0.687. The minimum atomic E-state index is 0.355. The summed E-state index contributed by atoms with van der Waals surface area (Å²) < 4.78 is 6.62. The number of thiophene rings is 1. The minimum absolute atomic E-state index is 0.355. The molecule has 4 heterocycles. The summed E-state index contributed by atoms with van der Waals surface area (Å²) in [5.41, 5.74) is 3.16. The third-order valence-corrected chi connectivity index (χ3v) is 5.40. The smallest absolute Gasteiger partial charge is 0.204 e. The first-order chi connectivity index (χ1) is 10.3. The van der Waals surface area contributed by atoms with E-state index < -0.39 is 0 Å². The zero-order valence-electron chi connectivity index (χ0n) is 11.8. The maximum absolute atomic E-state index is 8.98. The Balaban J connectivity index is 1.83. The van der Waals surface area contributed by atoms with Crippen LogP contribution in [0.4, 0.5) is 0 Å². The van der Waals surface area contributed by atoms with Gasteiger partial charge in [-0.1, -0.05) is 0 Å². The Bertz CT molecular complexity index is 850. The van der Waals surface area contributed by atoms with Gasteiger partial charge in [0, 0.05) is 11.5 Å².